The molecule has 0 bridgehead atoms. The molecule has 0 rings (SSSR count). The molecule has 0 fully saturated rings. The maximum atomic E-state index is 9.17. The van der Waals surface area contributed by atoms with Gasteiger partial charge in [-0.2, -0.15) is 0 Å². The predicted molar refractivity (Wildman–Crippen MR) is 54.9 cm³/mol. The Morgan fingerprint density at radius 2 is 2.08 bits per heavy atom. The minimum absolute atomic E-state index is 0.133. The highest BCUT2D eigenvalue weighted by atomic mass is 16.5. The normalized spacial score (nSPS) is 15.7. The lowest BCUT2D eigenvalue weighted by Gasteiger charge is -2.28. The van der Waals surface area contributed by atoms with E-state index in [0.29, 0.717) is 0 Å². The van der Waals surface area contributed by atoms with Gasteiger partial charge in [-0.25, -0.2) is 0 Å². The quantitative estimate of drug-likeness (QED) is 0.563. The van der Waals surface area contributed by atoms with Crippen LogP contribution in [0.3, 0.4) is 0 Å². The Kier molecular flexibility index (Phi) is 7.23. The molecule has 3 heteroatoms. The number of ether oxygens (including phenoxy) is 1. The number of nitrogens with one attached hydrogen (secondary N) is 1. The molecule has 3 nitrogen and oxygen atoms in total. The molecule has 0 aliphatic rings. The van der Waals surface area contributed by atoms with Crippen molar-refractivity contribution in [3.63, 3.8) is 0 Å². The number of hydrogen-bond acceptors (Lipinski definition) is 3. The third kappa shape index (κ3) is 6.02. The summed E-state index contributed by atoms with van der Waals surface area (Å²) >= 11 is 0. The Labute approximate surface area is 81.5 Å². The number of aliphatic hydroxyl groups is 1. The minimum atomic E-state index is -0.133. The van der Waals surface area contributed by atoms with Gasteiger partial charge >= 0.3 is 0 Å². The van der Waals surface area contributed by atoms with Crippen LogP contribution in [-0.2, 0) is 4.74 Å². The van der Waals surface area contributed by atoms with E-state index in [1.54, 1.807) is 0 Å². The molecule has 0 aromatic heterocycles. The van der Waals surface area contributed by atoms with Crippen LogP contribution < -0.4 is 5.32 Å². The number of rotatable bonds is 8. The van der Waals surface area contributed by atoms with Crippen LogP contribution in [0, 0.1) is 0 Å². The van der Waals surface area contributed by atoms with Crippen LogP contribution in [0.2, 0.25) is 0 Å². The molecule has 0 amide bonds. The van der Waals surface area contributed by atoms with Gasteiger partial charge in [0.2, 0.25) is 0 Å². The maximum Gasteiger partial charge on any atom is 0.0610 e. The summed E-state index contributed by atoms with van der Waals surface area (Å²) in [4.78, 5) is 0. The highest BCUT2D eigenvalue weighted by Gasteiger charge is 2.20. The van der Waals surface area contributed by atoms with Crippen LogP contribution in [0.4, 0.5) is 0 Å². The summed E-state index contributed by atoms with van der Waals surface area (Å²) in [6.07, 6.45) is 1.95. The van der Waals surface area contributed by atoms with Gasteiger partial charge in [0.1, 0.15) is 0 Å². The standard InChI is InChI=1S/C10H23NO2/c1-4-11-10(3,9-12)7-6-8-13-5-2/h11-12H,4-9H2,1-3H3. The van der Waals surface area contributed by atoms with E-state index in [1.165, 1.54) is 0 Å². The second-order valence-corrected chi connectivity index (χ2v) is 3.55. The lowest BCUT2D eigenvalue weighted by molar-refractivity contribution is 0.119. The zero-order valence-electron chi connectivity index (χ0n) is 9.10. The third-order valence-corrected chi connectivity index (χ3v) is 2.17. The van der Waals surface area contributed by atoms with Crippen molar-refractivity contribution in [3.8, 4) is 0 Å². The monoisotopic (exact) mass is 189 g/mol. The van der Waals surface area contributed by atoms with Crippen molar-refractivity contribution in [2.24, 2.45) is 0 Å². The fraction of sp³-hybridized carbons (Fsp3) is 1.00. The van der Waals surface area contributed by atoms with Crippen LogP contribution in [0.5, 0.6) is 0 Å². The van der Waals surface area contributed by atoms with E-state index in [4.69, 9.17) is 9.84 Å². The van der Waals surface area contributed by atoms with Gasteiger partial charge in [-0.05, 0) is 33.2 Å². The molecule has 0 aliphatic heterocycles. The van der Waals surface area contributed by atoms with Gasteiger partial charge in [0.25, 0.3) is 0 Å². The first kappa shape index (κ1) is 12.9. The summed E-state index contributed by atoms with van der Waals surface area (Å²) in [5.74, 6) is 0. The van der Waals surface area contributed by atoms with Crippen molar-refractivity contribution < 1.29 is 9.84 Å². The number of aliphatic hydroxyl groups excluding tert-OH is 1. The van der Waals surface area contributed by atoms with Gasteiger partial charge in [-0.15, -0.1) is 0 Å². The molecule has 80 valence electrons. The molecule has 0 saturated carbocycles. The number of hydrogen-bond donors (Lipinski definition) is 2. The average molecular weight is 189 g/mol. The van der Waals surface area contributed by atoms with Crippen molar-refractivity contribution in [1.29, 1.82) is 0 Å². The minimum Gasteiger partial charge on any atom is -0.394 e. The fourth-order valence-electron chi connectivity index (χ4n) is 1.36. The second kappa shape index (κ2) is 7.30. The third-order valence-electron chi connectivity index (χ3n) is 2.17. The molecular weight excluding hydrogens is 166 g/mol. The predicted octanol–water partition coefficient (Wildman–Crippen LogP) is 1.16. The fourth-order valence-corrected chi connectivity index (χ4v) is 1.36. The molecular formula is C10H23NO2. The average Bonchev–Trinajstić information content (AvgIpc) is 2.13. The molecule has 2 N–H and O–H groups in total. The topological polar surface area (TPSA) is 41.5 Å². The Morgan fingerprint density at radius 3 is 2.54 bits per heavy atom. The van der Waals surface area contributed by atoms with Gasteiger partial charge in [0.05, 0.1) is 6.61 Å². The molecule has 0 heterocycles. The van der Waals surface area contributed by atoms with E-state index in [9.17, 15) is 0 Å². The van der Waals surface area contributed by atoms with Gasteiger partial charge in [0, 0.05) is 18.8 Å². The van der Waals surface area contributed by atoms with Gasteiger partial charge in [-0.1, -0.05) is 6.92 Å². The van der Waals surface area contributed by atoms with Crippen LogP contribution >= 0.6 is 0 Å². The van der Waals surface area contributed by atoms with Crippen molar-refractivity contribution in [3.05, 3.63) is 0 Å². The molecule has 0 radical (unpaired) electrons. The highest BCUT2D eigenvalue weighted by Crippen LogP contribution is 2.11. The molecule has 0 spiro atoms. The van der Waals surface area contributed by atoms with Crippen molar-refractivity contribution >= 4 is 0 Å². The molecule has 0 aliphatic carbocycles. The second-order valence-electron chi connectivity index (χ2n) is 3.55. The van der Waals surface area contributed by atoms with Crippen LogP contribution in [0.15, 0.2) is 0 Å². The van der Waals surface area contributed by atoms with E-state index in [1.807, 2.05) is 13.8 Å². The van der Waals surface area contributed by atoms with Gasteiger partial charge in [0.15, 0.2) is 0 Å². The van der Waals surface area contributed by atoms with E-state index in [2.05, 4.69) is 12.2 Å². The first-order valence-corrected chi connectivity index (χ1v) is 5.12. The van der Waals surface area contributed by atoms with E-state index >= 15 is 0 Å². The summed E-state index contributed by atoms with van der Waals surface area (Å²) in [6, 6.07) is 0. The van der Waals surface area contributed by atoms with Crippen molar-refractivity contribution in [2.45, 2.75) is 39.2 Å². The number of likely N-dealkylation sites (N-methyl/N-ethyl adjacent to an activating group) is 1. The van der Waals surface area contributed by atoms with Gasteiger partial charge < -0.3 is 15.2 Å². The molecule has 1 atom stereocenters. The van der Waals surface area contributed by atoms with Crippen molar-refractivity contribution in [1.82, 2.24) is 5.32 Å². The molecule has 0 aromatic carbocycles. The first-order valence-electron chi connectivity index (χ1n) is 5.12. The lowest BCUT2D eigenvalue weighted by Crippen LogP contribution is -2.45. The zero-order valence-corrected chi connectivity index (χ0v) is 9.10. The summed E-state index contributed by atoms with van der Waals surface area (Å²) in [5.41, 5.74) is -0.133. The van der Waals surface area contributed by atoms with E-state index in [0.717, 1.165) is 32.6 Å². The molecule has 0 aromatic rings. The summed E-state index contributed by atoms with van der Waals surface area (Å²) < 4.78 is 5.24. The molecule has 0 saturated heterocycles. The Hall–Kier alpha value is -0.120. The smallest absolute Gasteiger partial charge is 0.0610 e. The molecule has 1 unspecified atom stereocenters. The Bertz CT molecular complexity index is 119. The Morgan fingerprint density at radius 1 is 1.38 bits per heavy atom. The van der Waals surface area contributed by atoms with Crippen LogP contribution in [0.1, 0.15) is 33.6 Å². The van der Waals surface area contributed by atoms with E-state index in [-0.39, 0.29) is 12.1 Å². The molecule has 13 heavy (non-hydrogen) atoms. The first-order chi connectivity index (χ1) is 6.18. The summed E-state index contributed by atoms with van der Waals surface area (Å²) in [7, 11) is 0. The Balaban J connectivity index is 3.57. The van der Waals surface area contributed by atoms with E-state index < -0.39 is 0 Å². The van der Waals surface area contributed by atoms with Crippen molar-refractivity contribution in [2.75, 3.05) is 26.4 Å². The highest BCUT2D eigenvalue weighted by molar-refractivity contribution is 4.81. The SMILES string of the molecule is CCNC(C)(CO)CCCOCC. The van der Waals surface area contributed by atoms with Gasteiger partial charge in [-0.3, -0.25) is 0 Å². The summed E-state index contributed by atoms with van der Waals surface area (Å²) in [5, 5.41) is 12.4. The van der Waals surface area contributed by atoms with Crippen LogP contribution in [-0.4, -0.2) is 37.0 Å². The zero-order chi connectivity index (χ0) is 10.2. The summed E-state index contributed by atoms with van der Waals surface area (Å²) in [6.45, 7) is 8.74. The lowest BCUT2D eigenvalue weighted by atomic mass is 9.97. The van der Waals surface area contributed by atoms with Crippen LogP contribution in [0.25, 0.3) is 0 Å². The largest absolute Gasteiger partial charge is 0.394 e. The maximum absolute atomic E-state index is 9.17.